The lowest BCUT2D eigenvalue weighted by atomic mass is 10.0. The Morgan fingerprint density at radius 1 is 1.42 bits per heavy atom. The van der Waals surface area contributed by atoms with E-state index in [0.717, 1.165) is 31.5 Å². The van der Waals surface area contributed by atoms with E-state index in [4.69, 9.17) is 4.74 Å². The summed E-state index contributed by atoms with van der Waals surface area (Å²) in [6.07, 6.45) is -2.05. The van der Waals surface area contributed by atoms with Crippen LogP contribution in [0.1, 0.15) is 30.4 Å². The molecule has 0 spiro atoms. The molecule has 1 unspecified atom stereocenters. The fourth-order valence-electron chi connectivity index (χ4n) is 2.68. The molecule has 1 aliphatic rings. The molecule has 1 aromatic rings. The van der Waals surface area contributed by atoms with E-state index in [9.17, 15) is 18.0 Å². The highest BCUT2D eigenvalue weighted by atomic mass is 19.4. The van der Waals surface area contributed by atoms with Crippen molar-refractivity contribution < 1.29 is 22.7 Å². The van der Waals surface area contributed by atoms with Gasteiger partial charge in [0.15, 0.2) is 6.61 Å². The molecule has 0 radical (unpaired) electrons. The normalized spacial score (nSPS) is 17.8. The number of nitrogens with one attached hydrogen (secondary N) is 2. The Kier molecular flexibility index (Phi) is 6.48. The zero-order valence-electron chi connectivity index (χ0n) is 13.7. The van der Waals surface area contributed by atoms with Crippen LogP contribution in [0.25, 0.3) is 0 Å². The molecule has 1 heterocycles. The Hall–Kier alpha value is -1.76. The smallest absolute Gasteiger partial charge is 0.422 e. The molecule has 0 saturated carbocycles. The van der Waals surface area contributed by atoms with Gasteiger partial charge in [-0.25, -0.2) is 0 Å². The molecule has 1 aliphatic heterocycles. The number of carbonyl (C=O) groups excluding carboxylic acids is 1. The van der Waals surface area contributed by atoms with E-state index < -0.39 is 12.8 Å². The summed E-state index contributed by atoms with van der Waals surface area (Å²) in [6, 6.07) is 5.02. The van der Waals surface area contributed by atoms with E-state index in [1.807, 2.05) is 0 Å². The van der Waals surface area contributed by atoms with Gasteiger partial charge in [-0.05, 0) is 50.4 Å². The van der Waals surface area contributed by atoms with Crippen LogP contribution >= 0.6 is 0 Å². The lowest BCUT2D eigenvalue weighted by Gasteiger charge is -2.15. The molecule has 0 aromatic heterocycles. The van der Waals surface area contributed by atoms with Gasteiger partial charge < -0.3 is 15.4 Å². The largest absolute Gasteiger partial charge is 0.484 e. The minimum atomic E-state index is -4.39. The molecule has 24 heavy (non-hydrogen) atoms. The molecule has 1 atom stereocenters. The Labute approximate surface area is 139 Å². The number of alkyl halides is 3. The molecular weight excluding hydrogens is 321 g/mol. The van der Waals surface area contributed by atoms with Crippen LogP contribution in [-0.4, -0.2) is 31.8 Å². The number of hydrogen-bond donors (Lipinski definition) is 2. The van der Waals surface area contributed by atoms with Crippen molar-refractivity contribution in [1.82, 2.24) is 10.6 Å². The standard InChI is InChI=1S/C17H23F3N2O2/c1-12-2-4-14(15(8-12)24-11-17(18,19)20)10-22-16(23)5-3-13-6-7-21-9-13/h2,4,8,13,21H,3,5-7,9-11H2,1H3,(H,22,23). The van der Waals surface area contributed by atoms with Crippen molar-refractivity contribution in [3.63, 3.8) is 0 Å². The van der Waals surface area contributed by atoms with Gasteiger partial charge in [0.05, 0.1) is 0 Å². The third-order valence-electron chi connectivity index (χ3n) is 4.03. The van der Waals surface area contributed by atoms with Crippen molar-refractivity contribution in [2.24, 2.45) is 5.92 Å². The second-order valence-electron chi connectivity index (χ2n) is 6.19. The topological polar surface area (TPSA) is 50.4 Å². The highest BCUT2D eigenvalue weighted by Crippen LogP contribution is 2.24. The van der Waals surface area contributed by atoms with E-state index in [2.05, 4.69) is 10.6 Å². The summed E-state index contributed by atoms with van der Waals surface area (Å²) in [7, 11) is 0. The van der Waals surface area contributed by atoms with E-state index in [-0.39, 0.29) is 18.2 Å². The summed E-state index contributed by atoms with van der Waals surface area (Å²) in [4.78, 5) is 11.9. The van der Waals surface area contributed by atoms with Gasteiger partial charge in [0.2, 0.25) is 5.91 Å². The maximum atomic E-state index is 12.3. The van der Waals surface area contributed by atoms with Crippen molar-refractivity contribution in [2.45, 2.75) is 38.9 Å². The molecule has 0 bridgehead atoms. The fourth-order valence-corrected chi connectivity index (χ4v) is 2.68. The molecule has 4 nitrogen and oxygen atoms in total. The van der Waals surface area contributed by atoms with Gasteiger partial charge >= 0.3 is 6.18 Å². The number of hydrogen-bond acceptors (Lipinski definition) is 3. The molecule has 0 aliphatic carbocycles. The molecule has 2 N–H and O–H groups in total. The second-order valence-corrected chi connectivity index (χ2v) is 6.19. The number of ether oxygens (including phenoxy) is 1. The van der Waals surface area contributed by atoms with Crippen LogP contribution in [0.4, 0.5) is 13.2 Å². The molecule has 1 saturated heterocycles. The van der Waals surface area contributed by atoms with E-state index in [0.29, 0.717) is 17.9 Å². The first-order valence-electron chi connectivity index (χ1n) is 8.10. The summed E-state index contributed by atoms with van der Waals surface area (Å²) in [5.74, 6) is 0.595. The molecule has 134 valence electrons. The number of benzene rings is 1. The Bertz CT molecular complexity index is 555. The van der Waals surface area contributed by atoms with E-state index in [1.165, 1.54) is 0 Å². The first-order valence-corrected chi connectivity index (χ1v) is 8.10. The number of carbonyl (C=O) groups is 1. The van der Waals surface area contributed by atoms with Crippen LogP contribution in [0.2, 0.25) is 0 Å². The second kappa shape index (κ2) is 8.37. The van der Waals surface area contributed by atoms with Gasteiger partial charge in [-0.3, -0.25) is 4.79 Å². The Morgan fingerprint density at radius 3 is 2.88 bits per heavy atom. The fraction of sp³-hybridized carbons (Fsp3) is 0.588. The highest BCUT2D eigenvalue weighted by molar-refractivity contribution is 5.75. The predicted octanol–water partition coefficient (Wildman–Crippen LogP) is 2.94. The predicted molar refractivity (Wildman–Crippen MR) is 84.8 cm³/mol. The van der Waals surface area contributed by atoms with Crippen LogP contribution < -0.4 is 15.4 Å². The average molecular weight is 344 g/mol. The van der Waals surface area contributed by atoms with Crippen molar-refractivity contribution in [3.8, 4) is 5.75 Å². The van der Waals surface area contributed by atoms with Crippen LogP contribution in [0.3, 0.4) is 0 Å². The van der Waals surface area contributed by atoms with Crippen molar-refractivity contribution >= 4 is 5.91 Å². The number of halogens is 3. The van der Waals surface area contributed by atoms with Crippen LogP contribution in [-0.2, 0) is 11.3 Å². The third-order valence-corrected chi connectivity index (χ3v) is 4.03. The minimum Gasteiger partial charge on any atom is -0.484 e. The summed E-state index contributed by atoms with van der Waals surface area (Å²) >= 11 is 0. The first-order chi connectivity index (χ1) is 11.3. The molecule has 1 aromatic carbocycles. The summed E-state index contributed by atoms with van der Waals surface area (Å²) < 4.78 is 41.9. The van der Waals surface area contributed by atoms with Crippen molar-refractivity contribution in [1.29, 1.82) is 0 Å². The summed E-state index contributed by atoms with van der Waals surface area (Å²) in [5.41, 5.74) is 1.34. The number of rotatable bonds is 7. The van der Waals surface area contributed by atoms with Crippen LogP contribution in [0, 0.1) is 12.8 Å². The Balaban J connectivity index is 1.85. The third kappa shape index (κ3) is 6.39. The van der Waals surface area contributed by atoms with Crippen molar-refractivity contribution in [3.05, 3.63) is 29.3 Å². The first kappa shape index (κ1) is 18.6. The SMILES string of the molecule is Cc1ccc(CNC(=O)CCC2CCNC2)c(OCC(F)(F)F)c1. The maximum absolute atomic E-state index is 12.3. The number of amides is 1. The Morgan fingerprint density at radius 2 is 2.21 bits per heavy atom. The highest BCUT2D eigenvalue weighted by Gasteiger charge is 2.28. The molecule has 2 rings (SSSR count). The minimum absolute atomic E-state index is 0.0933. The summed E-state index contributed by atoms with van der Waals surface area (Å²) in [6.45, 7) is 2.54. The van der Waals surface area contributed by atoms with E-state index in [1.54, 1.807) is 25.1 Å². The lowest BCUT2D eigenvalue weighted by molar-refractivity contribution is -0.153. The van der Waals surface area contributed by atoms with Gasteiger partial charge in [0.1, 0.15) is 5.75 Å². The molecule has 7 heteroatoms. The molecule has 1 amide bonds. The van der Waals surface area contributed by atoms with E-state index >= 15 is 0 Å². The quantitative estimate of drug-likeness (QED) is 0.800. The molecule has 1 fully saturated rings. The van der Waals surface area contributed by atoms with Gasteiger partial charge in [-0.1, -0.05) is 12.1 Å². The summed E-state index contributed by atoms with van der Waals surface area (Å²) in [5, 5.41) is 6.01. The van der Waals surface area contributed by atoms with Gasteiger partial charge in [0.25, 0.3) is 0 Å². The van der Waals surface area contributed by atoms with Crippen molar-refractivity contribution in [2.75, 3.05) is 19.7 Å². The number of aryl methyl sites for hydroxylation is 1. The lowest BCUT2D eigenvalue weighted by Crippen LogP contribution is -2.24. The van der Waals surface area contributed by atoms with Gasteiger partial charge in [-0.2, -0.15) is 13.2 Å². The zero-order chi connectivity index (χ0) is 17.6. The van der Waals surface area contributed by atoms with Gasteiger partial charge in [-0.15, -0.1) is 0 Å². The van der Waals surface area contributed by atoms with Crippen LogP contribution in [0.5, 0.6) is 5.75 Å². The zero-order valence-corrected chi connectivity index (χ0v) is 13.7. The monoisotopic (exact) mass is 344 g/mol. The maximum Gasteiger partial charge on any atom is 0.422 e. The molecular formula is C17H23F3N2O2. The average Bonchev–Trinajstić information content (AvgIpc) is 3.02. The van der Waals surface area contributed by atoms with Crippen LogP contribution in [0.15, 0.2) is 18.2 Å². The van der Waals surface area contributed by atoms with Gasteiger partial charge in [0, 0.05) is 18.5 Å².